The number of H-pyrrole nitrogens is 1. The molecule has 0 spiro atoms. The van der Waals surface area contributed by atoms with Crippen molar-refractivity contribution in [2.24, 2.45) is 0 Å². The summed E-state index contributed by atoms with van der Waals surface area (Å²) in [5.74, 6) is 0.0385. The lowest BCUT2D eigenvalue weighted by atomic mass is 10.1. The van der Waals surface area contributed by atoms with Crippen LogP contribution in [0.5, 0.6) is 5.75 Å². The summed E-state index contributed by atoms with van der Waals surface area (Å²) in [7, 11) is 1.68. The second kappa shape index (κ2) is 5.70. The van der Waals surface area contributed by atoms with E-state index in [0.29, 0.717) is 18.8 Å². The number of rotatable bonds is 4. The molecule has 0 radical (unpaired) electrons. The van der Waals surface area contributed by atoms with Gasteiger partial charge in [0.1, 0.15) is 0 Å². The third-order valence-corrected chi connectivity index (χ3v) is 3.72. The molecule has 0 unspecified atom stereocenters. The van der Waals surface area contributed by atoms with Crippen LogP contribution in [0.2, 0.25) is 0 Å². The Morgan fingerprint density at radius 1 is 1.59 bits per heavy atom. The number of aromatic amines is 1. The molecule has 8 heteroatoms. The number of para-hydroxylation sites is 1. The number of likely N-dealkylation sites (N-methyl/N-ethyl adjacent to an activating group) is 1. The lowest BCUT2D eigenvalue weighted by Crippen LogP contribution is -2.40. The highest BCUT2D eigenvalue weighted by Crippen LogP contribution is 2.32. The first-order valence-electron chi connectivity index (χ1n) is 6.98. The standard InChI is InChI=1S/C14H16FN5O2/c1-8(13-16-18-19-17-13)7-20(2)14(21)11-6-9-4-3-5-10(15)12(9)22-11/h3-5,8,11H,6-7H2,1-2H3,(H,16,17,18,19)/t8-,11+/m0/s1. The number of amides is 1. The number of benzene rings is 1. The number of nitrogens with zero attached hydrogens (tertiary/aromatic N) is 4. The molecule has 7 nitrogen and oxygen atoms in total. The van der Waals surface area contributed by atoms with Crippen LogP contribution >= 0.6 is 0 Å². The number of halogens is 1. The van der Waals surface area contributed by atoms with E-state index in [4.69, 9.17) is 4.74 Å². The first kappa shape index (κ1) is 14.4. The number of hydrogen-bond donors (Lipinski definition) is 1. The van der Waals surface area contributed by atoms with Crippen LogP contribution < -0.4 is 4.74 Å². The van der Waals surface area contributed by atoms with Crippen LogP contribution in [0.15, 0.2) is 18.2 Å². The van der Waals surface area contributed by atoms with Gasteiger partial charge in [0.25, 0.3) is 5.91 Å². The van der Waals surface area contributed by atoms with Crippen molar-refractivity contribution in [3.05, 3.63) is 35.4 Å². The van der Waals surface area contributed by atoms with Crippen molar-refractivity contribution in [1.29, 1.82) is 0 Å². The number of tetrazole rings is 1. The molecule has 2 aromatic rings. The Kier molecular flexibility index (Phi) is 3.74. The van der Waals surface area contributed by atoms with Gasteiger partial charge in [-0.15, -0.1) is 10.2 Å². The summed E-state index contributed by atoms with van der Waals surface area (Å²) < 4.78 is 19.1. The van der Waals surface area contributed by atoms with E-state index in [9.17, 15) is 9.18 Å². The van der Waals surface area contributed by atoms with Crippen molar-refractivity contribution in [1.82, 2.24) is 25.5 Å². The molecule has 1 amide bonds. The molecule has 1 aliphatic rings. The topological polar surface area (TPSA) is 84.0 Å². The van der Waals surface area contributed by atoms with Crippen LogP contribution in [0.3, 0.4) is 0 Å². The van der Waals surface area contributed by atoms with Gasteiger partial charge in [-0.25, -0.2) is 4.39 Å². The highest BCUT2D eigenvalue weighted by molar-refractivity contribution is 5.82. The second-order valence-electron chi connectivity index (χ2n) is 5.43. The van der Waals surface area contributed by atoms with Gasteiger partial charge in [-0.05, 0) is 6.07 Å². The van der Waals surface area contributed by atoms with E-state index in [-0.39, 0.29) is 17.6 Å². The summed E-state index contributed by atoms with van der Waals surface area (Å²) in [6, 6.07) is 4.72. The highest BCUT2D eigenvalue weighted by Gasteiger charge is 2.33. The molecule has 0 aliphatic carbocycles. The van der Waals surface area contributed by atoms with Gasteiger partial charge in [0.15, 0.2) is 23.5 Å². The molecule has 0 fully saturated rings. The molecule has 22 heavy (non-hydrogen) atoms. The normalized spacial score (nSPS) is 17.7. The summed E-state index contributed by atoms with van der Waals surface area (Å²) in [6.07, 6.45) is -0.304. The van der Waals surface area contributed by atoms with Gasteiger partial charge in [-0.1, -0.05) is 24.3 Å². The Labute approximate surface area is 126 Å². The first-order chi connectivity index (χ1) is 10.6. The summed E-state index contributed by atoms with van der Waals surface area (Å²) in [4.78, 5) is 14.0. The zero-order chi connectivity index (χ0) is 15.7. The maximum atomic E-state index is 13.6. The lowest BCUT2D eigenvalue weighted by Gasteiger charge is -2.22. The molecule has 0 saturated heterocycles. The quantitative estimate of drug-likeness (QED) is 0.907. The SMILES string of the molecule is C[C@@H](CN(C)C(=O)[C@H]1Cc2cccc(F)c2O1)c1nn[nH]n1. The van der Waals surface area contributed by atoms with E-state index >= 15 is 0 Å². The fourth-order valence-electron chi connectivity index (χ4n) is 2.57. The smallest absolute Gasteiger partial charge is 0.263 e. The van der Waals surface area contributed by atoms with Gasteiger partial charge in [0.2, 0.25) is 0 Å². The Morgan fingerprint density at radius 2 is 2.41 bits per heavy atom. The van der Waals surface area contributed by atoms with Crippen LogP contribution in [-0.4, -0.2) is 51.1 Å². The Morgan fingerprint density at radius 3 is 3.09 bits per heavy atom. The molecule has 1 aromatic heterocycles. The van der Waals surface area contributed by atoms with E-state index in [1.54, 1.807) is 24.1 Å². The number of carbonyl (C=O) groups is 1. The monoisotopic (exact) mass is 305 g/mol. The zero-order valence-corrected chi connectivity index (χ0v) is 12.3. The fraction of sp³-hybridized carbons (Fsp3) is 0.429. The number of nitrogens with one attached hydrogen (secondary N) is 1. The first-order valence-corrected chi connectivity index (χ1v) is 6.98. The number of fused-ring (bicyclic) bond motifs is 1. The van der Waals surface area contributed by atoms with E-state index in [0.717, 1.165) is 5.56 Å². The van der Waals surface area contributed by atoms with Crippen molar-refractivity contribution in [2.75, 3.05) is 13.6 Å². The molecule has 2 atom stereocenters. The van der Waals surface area contributed by atoms with Crippen LogP contribution in [0, 0.1) is 5.82 Å². The van der Waals surface area contributed by atoms with Gasteiger partial charge in [-0.3, -0.25) is 4.79 Å². The van der Waals surface area contributed by atoms with Crippen LogP contribution in [0.1, 0.15) is 24.2 Å². The summed E-state index contributed by atoms with van der Waals surface area (Å²) >= 11 is 0. The predicted octanol–water partition coefficient (Wildman–Crippen LogP) is 0.904. The van der Waals surface area contributed by atoms with Crippen molar-refractivity contribution in [3.63, 3.8) is 0 Å². The van der Waals surface area contributed by atoms with Crippen LogP contribution in [0.4, 0.5) is 4.39 Å². The molecule has 1 aliphatic heterocycles. The summed E-state index contributed by atoms with van der Waals surface area (Å²) in [5.41, 5.74) is 0.720. The second-order valence-corrected chi connectivity index (χ2v) is 5.43. The summed E-state index contributed by atoms with van der Waals surface area (Å²) in [6.45, 7) is 2.33. The van der Waals surface area contributed by atoms with Crippen LogP contribution in [-0.2, 0) is 11.2 Å². The minimum atomic E-state index is -0.686. The zero-order valence-electron chi connectivity index (χ0n) is 12.3. The van der Waals surface area contributed by atoms with Crippen LogP contribution in [0.25, 0.3) is 0 Å². The molecular weight excluding hydrogens is 289 g/mol. The highest BCUT2D eigenvalue weighted by atomic mass is 19.1. The maximum Gasteiger partial charge on any atom is 0.263 e. The maximum absolute atomic E-state index is 13.6. The Balaban J connectivity index is 1.64. The van der Waals surface area contributed by atoms with Gasteiger partial charge >= 0.3 is 0 Å². The molecule has 0 bridgehead atoms. The molecular formula is C14H16FN5O2. The Bertz CT molecular complexity index is 676. The van der Waals surface area contributed by atoms with Gasteiger partial charge in [-0.2, -0.15) is 5.21 Å². The van der Waals surface area contributed by atoms with Gasteiger partial charge in [0, 0.05) is 31.5 Å². The lowest BCUT2D eigenvalue weighted by molar-refractivity contribution is -0.136. The van der Waals surface area contributed by atoms with E-state index in [1.807, 2.05) is 6.92 Å². The molecule has 116 valence electrons. The molecule has 0 saturated carbocycles. The van der Waals surface area contributed by atoms with Gasteiger partial charge in [0.05, 0.1) is 0 Å². The molecule has 2 heterocycles. The number of aromatic nitrogens is 4. The minimum absolute atomic E-state index is 0.0618. The largest absolute Gasteiger partial charge is 0.477 e. The van der Waals surface area contributed by atoms with Gasteiger partial charge < -0.3 is 9.64 Å². The van der Waals surface area contributed by atoms with Crippen molar-refractivity contribution < 1.29 is 13.9 Å². The molecule has 1 aromatic carbocycles. The Hall–Kier alpha value is -2.51. The van der Waals surface area contributed by atoms with Crippen molar-refractivity contribution in [2.45, 2.75) is 25.4 Å². The van der Waals surface area contributed by atoms with Crippen molar-refractivity contribution >= 4 is 5.91 Å². The van der Waals surface area contributed by atoms with Crippen molar-refractivity contribution in [3.8, 4) is 5.75 Å². The third kappa shape index (κ3) is 2.63. The minimum Gasteiger partial charge on any atom is -0.477 e. The van der Waals surface area contributed by atoms with E-state index in [1.165, 1.54) is 6.07 Å². The number of hydrogen-bond acceptors (Lipinski definition) is 5. The number of ether oxygens (including phenoxy) is 1. The molecule has 3 rings (SSSR count). The fourth-order valence-corrected chi connectivity index (χ4v) is 2.57. The average molecular weight is 305 g/mol. The molecule has 1 N–H and O–H groups in total. The number of carbonyl (C=O) groups excluding carboxylic acids is 1. The predicted molar refractivity (Wildman–Crippen MR) is 74.7 cm³/mol. The summed E-state index contributed by atoms with van der Waals surface area (Å²) in [5, 5.41) is 13.7. The van der Waals surface area contributed by atoms with E-state index in [2.05, 4.69) is 20.6 Å². The average Bonchev–Trinajstić information content (AvgIpc) is 3.16. The van der Waals surface area contributed by atoms with E-state index < -0.39 is 11.9 Å². The third-order valence-electron chi connectivity index (χ3n) is 3.72.